The highest BCUT2D eigenvalue weighted by atomic mass is 35.5. The van der Waals surface area contributed by atoms with Gasteiger partial charge in [0.05, 0.1) is 21.3 Å². The van der Waals surface area contributed by atoms with E-state index < -0.39 is 39.9 Å². The van der Waals surface area contributed by atoms with Crippen molar-refractivity contribution in [2.24, 2.45) is 0 Å². The molecule has 0 unspecified atom stereocenters. The minimum atomic E-state index is -3.86. The Morgan fingerprint density at radius 2 is 2.00 bits per heavy atom. The molecule has 0 radical (unpaired) electrons. The number of hydrogen-bond donors (Lipinski definition) is 1. The lowest BCUT2D eigenvalue weighted by Crippen LogP contribution is -2.30. The second-order valence-electron chi connectivity index (χ2n) is 5.38. The average Bonchev–Trinajstić information content (AvgIpc) is 3.04. The Hall–Kier alpha value is -2.01. The van der Waals surface area contributed by atoms with E-state index in [2.05, 4.69) is 4.72 Å². The molecule has 27 heavy (non-hydrogen) atoms. The van der Waals surface area contributed by atoms with Gasteiger partial charge in [0.1, 0.15) is 5.82 Å². The van der Waals surface area contributed by atoms with Gasteiger partial charge in [-0.15, -0.1) is 11.3 Å². The number of rotatable bonds is 7. The molecule has 146 valence electrons. The molecule has 0 saturated heterocycles. The number of amides is 1. The van der Waals surface area contributed by atoms with Crippen molar-refractivity contribution in [3.8, 4) is 0 Å². The molecule has 2 rings (SSSR count). The molecule has 2 aromatic rings. The number of carbonyl (C=O) groups is 2. The van der Waals surface area contributed by atoms with E-state index >= 15 is 0 Å². The van der Waals surface area contributed by atoms with E-state index in [0.29, 0.717) is 4.34 Å². The largest absolute Gasteiger partial charge is 0.452 e. The zero-order valence-corrected chi connectivity index (χ0v) is 16.8. The smallest absolute Gasteiger partial charge is 0.341 e. The van der Waals surface area contributed by atoms with E-state index in [1.165, 1.54) is 30.3 Å². The normalized spacial score (nSPS) is 11.3. The number of likely N-dealkylation sites (N-methyl/N-ethyl adjacent to an activating group) is 1. The number of ether oxygens (including phenoxy) is 1. The fourth-order valence-corrected chi connectivity index (χ4v) is 3.92. The molecule has 0 atom stereocenters. The molecule has 7 nitrogen and oxygen atoms in total. The quantitative estimate of drug-likeness (QED) is 0.675. The van der Waals surface area contributed by atoms with Crippen molar-refractivity contribution < 1.29 is 27.1 Å². The van der Waals surface area contributed by atoms with Gasteiger partial charge in [0.2, 0.25) is 10.0 Å². The van der Waals surface area contributed by atoms with Crippen molar-refractivity contribution in [1.82, 2.24) is 9.62 Å². The number of halogens is 2. The van der Waals surface area contributed by atoms with Gasteiger partial charge in [0, 0.05) is 11.9 Å². The minimum absolute atomic E-state index is 0.276. The van der Waals surface area contributed by atoms with Crippen molar-refractivity contribution in [3.05, 3.63) is 50.9 Å². The van der Waals surface area contributed by atoms with Crippen LogP contribution in [0.3, 0.4) is 0 Å². The number of thiophene rings is 1. The lowest BCUT2D eigenvalue weighted by Gasteiger charge is -2.16. The third kappa shape index (κ3) is 5.48. The van der Waals surface area contributed by atoms with Crippen molar-refractivity contribution in [1.29, 1.82) is 0 Å². The monoisotopic (exact) mass is 434 g/mol. The number of sulfonamides is 1. The van der Waals surface area contributed by atoms with E-state index in [4.69, 9.17) is 16.3 Å². The molecule has 0 bridgehead atoms. The zero-order valence-electron chi connectivity index (χ0n) is 14.4. The first kappa shape index (κ1) is 21.3. The van der Waals surface area contributed by atoms with E-state index in [9.17, 15) is 22.4 Å². The van der Waals surface area contributed by atoms with Crippen LogP contribution in [0.2, 0.25) is 4.34 Å². The maximum atomic E-state index is 13.9. The Labute approximate surface area is 164 Å². The maximum Gasteiger partial charge on any atom is 0.341 e. The first-order valence-corrected chi connectivity index (χ1v) is 10.2. The van der Waals surface area contributed by atoms with Crippen LogP contribution in [0.25, 0.3) is 0 Å². The van der Waals surface area contributed by atoms with Gasteiger partial charge in [-0.3, -0.25) is 4.79 Å². The molecule has 0 spiro atoms. The van der Waals surface area contributed by atoms with Gasteiger partial charge in [-0.25, -0.2) is 22.3 Å². The first-order chi connectivity index (χ1) is 12.6. The Morgan fingerprint density at radius 1 is 1.30 bits per heavy atom. The SMILES string of the molecule is CNS(=O)(=O)c1ccc(F)c(C(=O)OCC(=O)N(C)Cc2ccc(Cl)s2)c1. The highest BCUT2D eigenvalue weighted by molar-refractivity contribution is 7.89. The standard InChI is InChI=1S/C16H16ClFN2O5S2/c1-19-27(23,24)11-4-5-13(18)12(7-11)16(22)25-9-15(21)20(2)8-10-3-6-14(17)26-10/h3-7,19H,8-9H2,1-2H3. The summed E-state index contributed by atoms with van der Waals surface area (Å²) in [6.07, 6.45) is 0. The predicted octanol–water partition coefficient (Wildman–Crippen LogP) is 2.26. The summed E-state index contributed by atoms with van der Waals surface area (Å²) in [4.78, 5) is 26.0. The fraction of sp³-hybridized carbons (Fsp3) is 0.250. The van der Waals surface area contributed by atoms with E-state index in [0.717, 1.165) is 23.1 Å². The van der Waals surface area contributed by atoms with Gasteiger partial charge < -0.3 is 9.64 Å². The van der Waals surface area contributed by atoms with E-state index in [1.807, 2.05) is 0 Å². The van der Waals surface area contributed by atoms with Gasteiger partial charge >= 0.3 is 5.97 Å². The third-order valence-electron chi connectivity index (χ3n) is 3.51. The highest BCUT2D eigenvalue weighted by Gasteiger charge is 2.21. The van der Waals surface area contributed by atoms with Crippen LogP contribution < -0.4 is 4.72 Å². The summed E-state index contributed by atoms with van der Waals surface area (Å²) in [5.74, 6) is -2.60. The molecular weight excluding hydrogens is 419 g/mol. The van der Waals surface area contributed by atoms with Crippen LogP contribution >= 0.6 is 22.9 Å². The van der Waals surface area contributed by atoms with Gasteiger partial charge in [-0.2, -0.15) is 0 Å². The number of hydrogen-bond acceptors (Lipinski definition) is 6. The summed E-state index contributed by atoms with van der Waals surface area (Å²) in [7, 11) is -1.15. The Balaban J connectivity index is 2.02. The Morgan fingerprint density at radius 3 is 2.59 bits per heavy atom. The topological polar surface area (TPSA) is 92.8 Å². The van der Waals surface area contributed by atoms with Crippen molar-refractivity contribution >= 4 is 44.8 Å². The van der Waals surface area contributed by atoms with Gasteiger partial charge in [0.25, 0.3) is 5.91 Å². The van der Waals surface area contributed by atoms with E-state index in [-0.39, 0.29) is 11.4 Å². The number of carbonyl (C=O) groups excluding carboxylic acids is 2. The number of esters is 1. The van der Waals surface area contributed by atoms with E-state index in [1.54, 1.807) is 12.1 Å². The molecule has 0 fully saturated rings. The fourth-order valence-electron chi connectivity index (χ4n) is 2.02. The summed E-state index contributed by atoms with van der Waals surface area (Å²) >= 11 is 7.14. The maximum absolute atomic E-state index is 13.9. The van der Waals surface area contributed by atoms with Crippen LogP contribution in [-0.2, 0) is 26.1 Å². The number of benzene rings is 1. The molecular formula is C16H16ClFN2O5S2. The lowest BCUT2D eigenvalue weighted by atomic mass is 10.2. The molecule has 0 aliphatic rings. The van der Waals surface area contributed by atoms with Crippen LogP contribution in [0.4, 0.5) is 4.39 Å². The third-order valence-corrected chi connectivity index (χ3v) is 6.14. The molecule has 0 aliphatic carbocycles. The molecule has 1 aromatic heterocycles. The molecule has 1 N–H and O–H groups in total. The van der Waals surface area contributed by atoms with Gasteiger partial charge in [-0.05, 0) is 37.4 Å². The Bertz CT molecular complexity index is 961. The van der Waals surface area contributed by atoms with Crippen LogP contribution in [0.15, 0.2) is 35.2 Å². The predicted molar refractivity (Wildman–Crippen MR) is 98.7 cm³/mol. The minimum Gasteiger partial charge on any atom is -0.452 e. The summed E-state index contributed by atoms with van der Waals surface area (Å²) < 4.78 is 44.9. The van der Waals surface area contributed by atoms with Gasteiger partial charge in [-0.1, -0.05) is 11.6 Å². The molecule has 1 aromatic carbocycles. The lowest BCUT2D eigenvalue weighted by molar-refractivity contribution is -0.133. The first-order valence-electron chi connectivity index (χ1n) is 7.52. The van der Waals surface area contributed by atoms with Crippen molar-refractivity contribution in [3.63, 3.8) is 0 Å². The van der Waals surface area contributed by atoms with Crippen LogP contribution in [0, 0.1) is 5.82 Å². The number of nitrogens with one attached hydrogen (secondary N) is 1. The van der Waals surface area contributed by atoms with Crippen molar-refractivity contribution in [2.75, 3.05) is 20.7 Å². The second kappa shape index (κ2) is 8.79. The molecule has 0 aliphatic heterocycles. The zero-order chi connectivity index (χ0) is 20.2. The van der Waals surface area contributed by atoms with Crippen LogP contribution in [-0.4, -0.2) is 45.9 Å². The molecule has 1 amide bonds. The van der Waals surface area contributed by atoms with Crippen molar-refractivity contribution in [2.45, 2.75) is 11.4 Å². The highest BCUT2D eigenvalue weighted by Crippen LogP contribution is 2.22. The number of nitrogens with zero attached hydrogens (tertiary/aromatic N) is 1. The summed E-state index contributed by atoms with van der Waals surface area (Å²) in [5, 5.41) is 0. The van der Waals surface area contributed by atoms with Gasteiger partial charge in [0.15, 0.2) is 6.61 Å². The molecule has 11 heteroatoms. The molecule has 0 saturated carbocycles. The average molecular weight is 435 g/mol. The summed E-state index contributed by atoms with van der Waals surface area (Å²) in [5.41, 5.74) is -0.577. The van der Waals surface area contributed by atoms with Crippen LogP contribution in [0.5, 0.6) is 0 Å². The molecule has 1 heterocycles. The second-order valence-corrected chi connectivity index (χ2v) is 9.07. The summed E-state index contributed by atoms with van der Waals surface area (Å²) in [6.45, 7) is -0.338. The Kier molecular flexibility index (Phi) is 6.93. The summed E-state index contributed by atoms with van der Waals surface area (Å²) in [6, 6.07) is 6.18. The van der Waals surface area contributed by atoms with Crippen LogP contribution in [0.1, 0.15) is 15.2 Å².